The van der Waals surface area contributed by atoms with E-state index in [-0.39, 0.29) is 0 Å². The molecule has 1 aliphatic rings. The van der Waals surface area contributed by atoms with Gasteiger partial charge in [-0.2, -0.15) is 5.10 Å². The summed E-state index contributed by atoms with van der Waals surface area (Å²) >= 11 is 0. The molecular formula is C22H35N7O. The van der Waals surface area contributed by atoms with Crippen LogP contribution in [0.3, 0.4) is 0 Å². The summed E-state index contributed by atoms with van der Waals surface area (Å²) in [6.07, 6.45) is 8.51. The molecule has 0 bridgehead atoms. The van der Waals surface area contributed by atoms with Gasteiger partial charge in [-0.15, -0.1) is 0 Å². The predicted molar refractivity (Wildman–Crippen MR) is 119 cm³/mol. The number of ether oxygens (including phenoxy) is 1. The van der Waals surface area contributed by atoms with Gasteiger partial charge in [0.15, 0.2) is 0 Å². The quantitative estimate of drug-likeness (QED) is 0.560. The molecule has 8 nitrogen and oxygen atoms in total. The zero-order chi connectivity index (χ0) is 22.4. The highest BCUT2D eigenvalue weighted by molar-refractivity contribution is 5.21. The summed E-state index contributed by atoms with van der Waals surface area (Å²) in [5.41, 5.74) is 4.79. The number of aromatic nitrogens is 6. The van der Waals surface area contributed by atoms with Crippen molar-refractivity contribution in [1.82, 2.24) is 34.6 Å². The first-order valence-corrected chi connectivity index (χ1v) is 9.99. The monoisotopic (exact) mass is 413 g/mol. The molecule has 0 atom stereocenters. The van der Waals surface area contributed by atoms with Crippen LogP contribution in [0.4, 0.5) is 0 Å². The van der Waals surface area contributed by atoms with E-state index in [9.17, 15) is 0 Å². The summed E-state index contributed by atoms with van der Waals surface area (Å²) in [5.74, 6) is 0.822. The fraction of sp³-hybridized carbons (Fsp3) is 0.500. The van der Waals surface area contributed by atoms with Crippen LogP contribution in [0.2, 0.25) is 0 Å². The number of likely N-dealkylation sites (N-methyl/N-ethyl adjacent to an activating group) is 1. The first-order chi connectivity index (χ1) is 14.3. The lowest BCUT2D eigenvalue weighted by Gasteiger charge is -2.21. The average Bonchev–Trinajstić information content (AvgIpc) is 2.97. The minimum Gasteiger partial charge on any atom is -0.379 e. The maximum Gasteiger partial charge on any atom is 0.125 e. The van der Waals surface area contributed by atoms with Crippen molar-refractivity contribution in [1.29, 1.82) is 0 Å². The van der Waals surface area contributed by atoms with Gasteiger partial charge in [0, 0.05) is 50.6 Å². The van der Waals surface area contributed by atoms with Crippen LogP contribution < -0.4 is 0 Å². The van der Waals surface area contributed by atoms with Crippen LogP contribution in [-0.4, -0.2) is 68.0 Å². The van der Waals surface area contributed by atoms with E-state index >= 15 is 0 Å². The third kappa shape index (κ3) is 10.7. The van der Waals surface area contributed by atoms with E-state index in [1.165, 1.54) is 17.6 Å². The molecule has 30 heavy (non-hydrogen) atoms. The third-order valence-electron chi connectivity index (χ3n) is 4.49. The summed E-state index contributed by atoms with van der Waals surface area (Å²) in [5, 5.41) is 4.23. The van der Waals surface area contributed by atoms with E-state index in [0.29, 0.717) is 0 Å². The first-order valence-electron chi connectivity index (χ1n) is 9.99. The van der Waals surface area contributed by atoms with Crippen molar-refractivity contribution in [2.45, 2.75) is 34.6 Å². The van der Waals surface area contributed by atoms with E-state index in [1.807, 2.05) is 32.5 Å². The second kappa shape index (κ2) is 14.3. The first kappa shape index (κ1) is 25.3. The van der Waals surface area contributed by atoms with Crippen molar-refractivity contribution in [2.75, 3.05) is 33.4 Å². The summed E-state index contributed by atoms with van der Waals surface area (Å²) in [6.45, 7) is 14.0. The lowest BCUT2D eigenvalue weighted by molar-refractivity contribution is 0.0503. The predicted octanol–water partition coefficient (Wildman–Crippen LogP) is 2.86. The Kier molecular flexibility index (Phi) is 12.1. The maximum absolute atomic E-state index is 5.10. The largest absolute Gasteiger partial charge is 0.379 e. The van der Waals surface area contributed by atoms with Gasteiger partial charge in [-0.25, -0.2) is 19.9 Å². The Morgan fingerprint density at radius 3 is 1.67 bits per heavy atom. The molecule has 0 aliphatic carbocycles. The third-order valence-corrected chi connectivity index (χ3v) is 4.49. The molecule has 0 unspecified atom stereocenters. The number of rotatable bonds is 0. The number of nitrogens with zero attached hydrogens (tertiary/aromatic N) is 7. The number of morpholine rings is 1. The molecule has 1 saturated heterocycles. The van der Waals surface area contributed by atoms with Crippen LogP contribution in [0.25, 0.3) is 0 Å². The highest BCUT2D eigenvalue weighted by atomic mass is 16.5. The Morgan fingerprint density at radius 1 is 0.867 bits per heavy atom. The van der Waals surface area contributed by atoms with Crippen molar-refractivity contribution in [3.63, 3.8) is 0 Å². The average molecular weight is 414 g/mol. The van der Waals surface area contributed by atoms with Gasteiger partial charge in [0.05, 0.1) is 18.9 Å². The zero-order valence-corrected chi connectivity index (χ0v) is 19.3. The lowest BCUT2D eigenvalue weighted by atomic mass is 10.2. The van der Waals surface area contributed by atoms with Crippen LogP contribution in [0.1, 0.15) is 28.3 Å². The van der Waals surface area contributed by atoms with E-state index in [0.717, 1.165) is 43.4 Å². The van der Waals surface area contributed by atoms with Crippen LogP contribution >= 0.6 is 0 Å². The zero-order valence-electron chi connectivity index (χ0n) is 19.3. The number of aryl methyl sites for hydroxylation is 4. The molecule has 1 aliphatic heterocycles. The van der Waals surface area contributed by atoms with E-state index < -0.39 is 0 Å². The molecule has 3 aromatic rings. The van der Waals surface area contributed by atoms with Crippen molar-refractivity contribution in [3.05, 3.63) is 65.5 Å². The SMILES string of the molecule is CN1CCOCC1.Cc1cncnc1.Cc1ncccn1.Cc1nn(C)c(C)c1C. The molecule has 3 aromatic heterocycles. The molecule has 0 amide bonds. The van der Waals surface area contributed by atoms with Gasteiger partial charge < -0.3 is 9.64 Å². The summed E-state index contributed by atoms with van der Waals surface area (Å²) in [6, 6.07) is 1.80. The van der Waals surface area contributed by atoms with Gasteiger partial charge in [-0.05, 0) is 58.9 Å². The number of hydrogen-bond donors (Lipinski definition) is 0. The van der Waals surface area contributed by atoms with Gasteiger partial charge in [0.25, 0.3) is 0 Å². The summed E-state index contributed by atoms with van der Waals surface area (Å²) in [4.78, 5) is 17.5. The molecule has 0 spiro atoms. The second-order valence-electron chi connectivity index (χ2n) is 7.05. The fourth-order valence-electron chi connectivity index (χ4n) is 2.28. The maximum atomic E-state index is 5.10. The molecule has 0 saturated carbocycles. The Hall–Kier alpha value is -2.71. The summed E-state index contributed by atoms with van der Waals surface area (Å²) < 4.78 is 7.01. The van der Waals surface area contributed by atoms with Gasteiger partial charge in [0.2, 0.25) is 0 Å². The van der Waals surface area contributed by atoms with Gasteiger partial charge >= 0.3 is 0 Å². The molecule has 4 rings (SSSR count). The second-order valence-corrected chi connectivity index (χ2v) is 7.05. The van der Waals surface area contributed by atoms with E-state index in [1.54, 1.807) is 30.9 Å². The Balaban J connectivity index is 0.000000201. The molecule has 8 heteroatoms. The topological polar surface area (TPSA) is 81.8 Å². The van der Waals surface area contributed by atoms with Crippen LogP contribution in [0.15, 0.2) is 37.2 Å². The van der Waals surface area contributed by atoms with Gasteiger partial charge in [0.1, 0.15) is 12.2 Å². The molecule has 0 N–H and O–H groups in total. The van der Waals surface area contributed by atoms with Crippen LogP contribution in [0, 0.1) is 34.6 Å². The highest BCUT2D eigenvalue weighted by Crippen LogP contribution is 2.08. The fourth-order valence-corrected chi connectivity index (χ4v) is 2.28. The van der Waals surface area contributed by atoms with E-state index in [4.69, 9.17) is 4.74 Å². The number of hydrogen-bond acceptors (Lipinski definition) is 7. The minimum atomic E-state index is 0.822. The van der Waals surface area contributed by atoms with E-state index in [2.05, 4.69) is 50.8 Å². The van der Waals surface area contributed by atoms with Crippen molar-refractivity contribution < 1.29 is 4.74 Å². The highest BCUT2D eigenvalue weighted by Gasteiger charge is 2.02. The Labute approximate surface area is 180 Å². The standard InChI is InChI=1S/C7H12N2.2C5H6N2.C5H11NO/c1-5-6(2)8-9(4)7(5)3;1-5-2-6-4-7-3-5;1-5-6-3-2-4-7-5;1-6-2-4-7-5-3-6/h1-4H3;2*2-4H,1H3;2-5H2,1H3. The molecule has 0 radical (unpaired) electrons. The smallest absolute Gasteiger partial charge is 0.125 e. The normalized spacial score (nSPS) is 13.0. The molecule has 4 heterocycles. The van der Waals surface area contributed by atoms with Crippen LogP contribution in [0.5, 0.6) is 0 Å². The summed E-state index contributed by atoms with van der Waals surface area (Å²) in [7, 11) is 4.08. The Bertz CT molecular complexity index is 756. The van der Waals surface area contributed by atoms with Crippen LogP contribution in [-0.2, 0) is 11.8 Å². The Morgan fingerprint density at radius 2 is 1.43 bits per heavy atom. The van der Waals surface area contributed by atoms with Crippen molar-refractivity contribution >= 4 is 0 Å². The van der Waals surface area contributed by atoms with Crippen molar-refractivity contribution in [3.8, 4) is 0 Å². The minimum absolute atomic E-state index is 0.822. The van der Waals surface area contributed by atoms with Gasteiger partial charge in [-0.3, -0.25) is 4.68 Å². The lowest BCUT2D eigenvalue weighted by Crippen LogP contribution is -2.32. The molecule has 1 fully saturated rings. The van der Waals surface area contributed by atoms with Gasteiger partial charge in [-0.1, -0.05) is 0 Å². The molecule has 0 aromatic carbocycles. The van der Waals surface area contributed by atoms with Crippen molar-refractivity contribution in [2.24, 2.45) is 7.05 Å². The molecule has 164 valence electrons. The molecular weight excluding hydrogens is 378 g/mol.